The zero-order valence-electron chi connectivity index (χ0n) is 15.0. The molecule has 3 rings (SSSR count). The van der Waals surface area contributed by atoms with E-state index >= 15 is 0 Å². The maximum atomic E-state index is 13.0. The van der Waals surface area contributed by atoms with Gasteiger partial charge in [-0.3, -0.25) is 4.90 Å². The highest BCUT2D eigenvalue weighted by atomic mass is 32.2. The molecule has 1 aliphatic heterocycles. The van der Waals surface area contributed by atoms with E-state index in [0.29, 0.717) is 24.7 Å². The van der Waals surface area contributed by atoms with Crippen molar-refractivity contribution in [3.63, 3.8) is 0 Å². The molecule has 1 heterocycles. The number of benzene rings is 2. The minimum absolute atomic E-state index is 0.0765. The summed E-state index contributed by atoms with van der Waals surface area (Å²) < 4.78 is 39.8. The van der Waals surface area contributed by atoms with Gasteiger partial charge < -0.3 is 0 Å². The highest BCUT2D eigenvalue weighted by Gasteiger charge is 2.28. The van der Waals surface area contributed by atoms with Gasteiger partial charge in [-0.2, -0.15) is 4.31 Å². The molecule has 0 N–H and O–H groups in total. The largest absolute Gasteiger partial charge is 0.298 e. The van der Waals surface area contributed by atoms with Gasteiger partial charge in [0.25, 0.3) is 0 Å². The van der Waals surface area contributed by atoms with E-state index in [4.69, 9.17) is 0 Å². The molecule has 2 aromatic carbocycles. The summed E-state index contributed by atoms with van der Waals surface area (Å²) in [6.07, 6.45) is 0.961. The average Bonchev–Trinajstić information content (AvgIpc) is 2.64. The van der Waals surface area contributed by atoms with Crippen molar-refractivity contribution in [3.05, 3.63) is 71.5 Å². The first-order valence-corrected chi connectivity index (χ1v) is 10.6. The Labute approximate surface area is 155 Å². The summed E-state index contributed by atoms with van der Waals surface area (Å²) in [7, 11) is -3.37. The molecule has 140 valence electrons. The van der Waals surface area contributed by atoms with Crippen LogP contribution in [0.2, 0.25) is 0 Å². The normalized spacial score (nSPS) is 17.9. The zero-order chi connectivity index (χ0) is 18.6. The van der Waals surface area contributed by atoms with Gasteiger partial charge in [0.1, 0.15) is 5.82 Å². The van der Waals surface area contributed by atoms with E-state index in [-0.39, 0.29) is 11.6 Å². The molecule has 0 aromatic heterocycles. The summed E-state index contributed by atoms with van der Waals surface area (Å²) in [6.45, 7) is 4.66. The van der Waals surface area contributed by atoms with Crippen LogP contribution in [0.1, 0.15) is 18.1 Å². The molecule has 26 heavy (non-hydrogen) atoms. The molecule has 1 unspecified atom stereocenters. The van der Waals surface area contributed by atoms with Gasteiger partial charge in [0, 0.05) is 32.2 Å². The molecule has 0 amide bonds. The third-order valence-electron chi connectivity index (χ3n) is 4.93. The second kappa shape index (κ2) is 8.29. The molecule has 4 nitrogen and oxygen atoms in total. The highest BCUT2D eigenvalue weighted by Crippen LogP contribution is 2.17. The Hall–Kier alpha value is -1.76. The number of nitrogens with zero attached hydrogens (tertiary/aromatic N) is 2. The van der Waals surface area contributed by atoms with Crippen LogP contribution in [0.15, 0.2) is 54.6 Å². The molecule has 1 aliphatic rings. The third-order valence-corrected chi connectivity index (χ3v) is 6.78. The first-order valence-electron chi connectivity index (χ1n) is 8.94. The molecular weight excluding hydrogens is 351 g/mol. The smallest absolute Gasteiger partial charge is 0.218 e. The molecule has 0 aliphatic carbocycles. The predicted octanol–water partition coefficient (Wildman–Crippen LogP) is 2.90. The van der Waals surface area contributed by atoms with E-state index < -0.39 is 10.0 Å². The topological polar surface area (TPSA) is 40.6 Å². The van der Waals surface area contributed by atoms with Gasteiger partial charge in [-0.05, 0) is 36.6 Å². The summed E-state index contributed by atoms with van der Waals surface area (Å²) >= 11 is 0. The lowest BCUT2D eigenvalue weighted by atomic mass is 10.1. The molecular formula is C20H25FN2O2S. The molecule has 0 bridgehead atoms. The van der Waals surface area contributed by atoms with Gasteiger partial charge in [0.05, 0.1) is 5.75 Å². The molecule has 0 spiro atoms. The van der Waals surface area contributed by atoms with E-state index in [0.717, 1.165) is 19.5 Å². The highest BCUT2D eigenvalue weighted by molar-refractivity contribution is 7.88. The molecule has 1 atom stereocenters. The van der Waals surface area contributed by atoms with Crippen molar-refractivity contribution in [3.8, 4) is 0 Å². The fourth-order valence-electron chi connectivity index (χ4n) is 3.39. The lowest BCUT2D eigenvalue weighted by Crippen LogP contribution is -2.51. The van der Waals surface area contributed by atoms with Crippen LogP contribution in [0.4, 0.5) is 4.39 Å². The van der Waals surface area contributed by atoms with Crippen molar-refractivity contribution in [2.24, 2.45) is 0 Å². The number of sulfonamides is 1. The van der Waals surface area contributed by atoms with Crippen LogP contribution in [0.3, 0.4) is 0 Å². The van der Waals surface area contributed by atoms with Gasteiger partial charge in [-0.1, -0.05) is 42.5 Å². The van der Waals surface area contributed by atoms with Gasteiger partial charge in [0.2, 0.25) is 10.0 Å². The minimum atomic E-state index is -3.37. The lowest BCUT2D eigenvalue weighted by Gasteiger charge is -2.37. The van der Waals surface area contributed by atoms with Crippen LogP contribution >= 0.6 is 0 Å². The van der Waals surface area contributed by atoms with Crippen molar-refractivity contribution < 1.29 is 12.8 Å². The predicted molar refractivity (Wildman–Crippen MR) is 102 cm³/mol. The van der Waals surface area contributed by atoms with Crippen LogP contribution < -0.4 is 0 Å². The Kier molecular flexibility index (Phi) is 6.06. The third kappa shape index (κ3) is 4.90. The van der Waals surface area contributed by atoms with Crippen LogP contribution in [0.25, 0.3) is 0 Å². The molecule has 0 saturated carbocycles. The van der Waals surface area contributed by atoms with E-state index in [2.05, 4.69) is 24.0 Å². The standard InChI is InChI=1S/C20H25FN2O2S/c1-17(15-18-5-3-2-4-6-18)22-11-13-23(14-12-22)26(24,25)16-19-7-9-20(21)10-8-19/h2-10,17H,11-16H2,1H3. The minimum Gasteiger partial charge on any atom is -0.298 e. The van der Waals surface area contributed by atoms with E-state index in [1.54, 1.807) is 4.31 Å². The average molecular weight is 376 g/mol. The Morgan fingerprint density at radius 1 is 0.923 bits per heavy atom. The lowest BCUT2D eigenvalue weighted by molar-refractivity contribution is 0.145. The van der Waals surface area contributed by atoms with Gasteiger partial charge >= 0.3 is 0 Å². The SMILES string of the molecule is CC(Cc1ccccc1)N1CCN(S(=O)(=O)Cc2ccc(F)cc2)CC1. The Morgan fingerprint density at radius 3 is 2.15 bits per heavy atom. The fourth-order valence-corrected chi connectivity index (χ4v) is 4.91. The van der Waals surface area contributed by atoms with Crippen molar-refractivity contribution in [1.82, 2.24) is 9.21 Å². The van der Waals surface area contributed by atoms with Crippen molar-refractivity contribution >= 4 is 10.0 Å². The van der Waals surface area contributed by atoms with Crippen LogP contribution in [0.5, 0.6) is 0 Å². The van der Waals surface area contributed by atoms with Crippen LogP contribution in [-0.2, 0) is 22.2 Å². The number of hydrogen-bond acceptors (Lipinski definition) is 3. The molecule has 1 saturated heterocycles. The summed E-state index contributed by atoms with van der Waals surface area (Å²) in [5.41, 5.74) is 1.91. The Balaban J connectivity index is 1.54. The summed E-state index contributed by atoms with van der Waals surface area (Å²) in [4.78, 5) is 2.34. The van der Waals surface area contributed by atoms with E-state index in [1.165, 1.54) is 29.8 Å². The first kappa shape index (κ1) is 19.0. The number of hydrogen-bond donors (Lipinski definition) is 0. The number of piperazine rings is 1. The quantitative estimate of drug-likeness (QED) is 0.778. The van der Waals surface area contributed by atoms with Crippen molar-refractivity contribution in [2.75, 3.05) is 26.2 Å². The number of rotatable bonds is 6. The molecule has 1 fully saturated rings. The monoisotopic (exact) mass is 376 g/mol. The fraction of sp³-hybridized carbons (Fsp3) is 0.400. The summed E-state index contributed by atoms with van der Waals surface area (Å²) in [5, 5.41) is 0. The maximum absolute atomic E-state index is 13.0. The summed E-state index contributed by atoms with van der Waals surface area (Å²) in [5.74, 6) is -0.431. The zero-order valence-corrected chi connectivity index (χ0v) is 15.8. The molecule has 6 heteroatoms. The van der Waals surface area contributed by atoms with Crippen molar-refractivity contribution in [2.45, 2.75) is 25.1 Å². The number of halogens is 1. The maximum Gasteiger partial charge on any atom is 0.218 e. The second-order valence-corrected chi connectivity index (χ2v) is 8.83. The van der Waals surface area contributed by atoms with Gasteiger partial charge in [-0.25, -0.2) is 12.8 Å². The second-order valence-electron chi connectivity index (χ2n) is 6.86. The Morgan fingerprint density at radius 2 is 1.54 bits per heavy atom. The molecule has 2 aromatic rings. The summed E-state index contributed by atoms with van der Waals surface area (Å²) in [6, 6.07) is 16.4. The van der Waals surface area contributed by atoms with Crippen molar-refractivity contribution in [1.29, 1.82) is 0 Å². The first-order chi connectivity index (χ1) is 12.4. The van der Waals surface area contributed by atoms with Gasteiger partial charge in [-0.15, -0.1) is 0 Å². The molecule has 0 radical (unpaired) electrons. The van der Waals surface area contributed by atoms with E-state index in [9.17, 15) is 12.8 Å². The van der Waals surface area contributed by atoms with Crippen LogP contribution in [0, 0.1) is 5.82 Å². The van der Waals surface area contributed by atoms with Gasteiger partial charge in [0.15, 0.2) is 0 Å². The Bertz CT molecular complexity index is 801. The van der Waals surface area contributed by atoms with E-state index in [1.807, 2.05) is 18.2 Å². The van der Waals surface area contributed by atoms with Crippen LogP contribution in [-0.4, -0.2) is 49.8 Å².